The molecule has 2 amide bonds. The van der Waals surface area contributed by atoms with Crippen LogP contribution in [0.1, 0.15) is 59.8 Å². The Kier molecular flexibility index (Phi) is 11.5. The minimum absolute atomic E-state index is 0.0802. The van der Waals surface area contributed by atoms with Gasteiger partial charge >= 0.3 is 18.0 Å². The summed E-state index contributed by atoms with van der Waals surface area (Å²) in [4.78, 5) is 49.3. The molecule has 11 heteroatoms. The molecule has 4 aromatic carbocycles. The maximum atomic E-state index is 12.8. The van der Waals surface area contributed by atoms with Crippen molar-refractivity contribution in [2.24, 2.45) is 0 Å². The minimum Gasteiger partial charge on any atom is -0.480 e. The molecule has 0 aliphatic heterocycles. The first-order chi connectivity index (χ1) is 24.3. The van der Waals surface area contributed by atoms with Crippen LogP contribution in [0, 0.1) is 0 Å². The molecule has 2 atom stereocenters. The van der Waals surface area contributed by atoms with Gasteiger partial charge in [-0.1, -0.05) is 119 Å². The number of carbonyl (C=O) groups is 4. The molecule has 0 saturated carbocycles. The number of benzene rings is 4. The smallest absolute Gasteiger partial charge is 0.407 e. The number of aliphatic carboxylic acids is 2. The summed E-state index contributed by atoms with van der Waals surface area (Å²) in [5, 5.41) is 24.6. The minimum atomic E-state index is -1.16. The Morgan fingerprint density at radius 2 is 1.00 bits per heavy atom. The Balaban J connectivity index is 0.904. The van der Waals surface area contributed by atoms with Crippen LogP contribution in [0.3, 0.4) is 0 Å². The molecule has 0 bridgehead atoms. The van der Waals surface area contributed by atoms with Crippen LogP contribution in [0.25, 0.3) is 22.3 Å². The zero-order valence-electron chi connectivity index (χ0n) is 27.2. The Bertz CT molecular complexity index is 1660. The molecule has 258 valence electrons. The van der Waals surface area contributed by atoms with Crippen molar-refractivity contribution in [3.63, 3.8) is 0 Å². The van der Waals surface area contributed by atoms with E-state index in [4.69, 9.17) is 4.74 Å². The van der Waals surface area contributed by atoms with Gasteiger partial charge in [0.1, 0.15) is 18.7 Å². The molecule has 6 rings (SSSR count). The lowest BCUT2D eigenvalue weighted by atomic mass is 9.92. The molecule has 0 radical (unpaired) electrons. The van der Waals surface area contributed by atoms with E-state index in [-0.39, 0.29) is 43.6 Å². The second kappa shape index (κ2) is 16.3. The standard InChI is InChI=1S/C39H38N2O7S2/c42-36(18-17-32-28-13-3-1-9-24(28)25-10-2-4-14-29(25)32)40-34(37(43)44)19-21-49-50-22-20-35(38(45)46)41-39(47)48-23-33-30-15-7-5-11-26(30)27-12-6-8-16-31(27)33/h1-16,32-35H,17-23H2,(H,40,42)(H,41,47)(H,43,44)(H,45,46)/t34-,35-/m0/s1. The third-order valence-corrected chi connectivity index (χ3v) is 11.7. The third-order valence-electron chi connectivity index (χ3n) is 9.25. The fraction of sp³-hybridized carbons (Fsp3) is 0.282. The highest BCUT2D eigenvalue weighted by Gasteiger charge is 2.31. The third kappa shape index (κ3) is 8.00. The van der Waals surface area contributed by atoms with Crippen molar-refractivity contribution in [3.8, 4) is 22.3 Å². The number of carbonyl (C=O) groups excluding carboxylic acids is 2. The first kappa shape index (κ1) is 35.1. The first-order valence-corrected chi connectivity index (χ1v) is 19.1. The highest BCUT2D eigenvalue weighted by Crippen LogP contribution is 2.47. The van der Waals surface area contributed by atoms with Gasteiger partial charge in [-0.05, 0) is 63.8 Å². The molecule has 0 saturated heterocycles. The first-order valence-electron chi connectivity index (χ1n) is 16.6. The van der Waals surface area contributed by atoms with Gasteiger partial charge < -0.3 is 25.6 Å². The number of alkyl carbamates (subject to hydrolysis) is 1. The molecule has 0 unspecified atom stereocenters. The normalized spacial score (nSPS) is 14.1. The van der Waals surface area contributed by atoms with Gasteiger partial charge in [0, 0.05) is 29.8 Å². The lowest BCUT2D eigenvalue weighted by Gasteiger charge is -2.17. The number of amides is 2. The number of hydrogen-bond acceptors (Lipinski definition) is 7. The van der Waals surface area contributed by atoms with Crippen molar-refractivity contribution >= 4 is 45.5 Å². The molecule has 9 nitrogen and oxygen atoms in total. The SMILES string of the molecule is O=C(CCC1c2ccccc2-c2ccccc21)N[C@@H](CCSSCC[C@H](NC(=O)OCC1c2ccccc2-c2ccccc21)C(=O)O)C(=O)O. The summed E-state index contributed by atoms with van der Waals surface area (Å²) in [7, 11) is 2.78. The molecule has 2 aliphatic rings. The quantitative estimate of drug-likeness (QED) is 0.0696. The van der Waals surface area contributed by atoms with E-state index in [2.05, 4.69) is 34.9 Å². The second-order valence-electron chi connectivity index (χ2n) is 12.3. The highest BCUT2D eigenvalue weighted by molar-refractivity contribution is 8.76. The van der Waals surface area contributed by atoms with Crippen molar-refractivity contribution in [3.05, 3.63) is 119 Å². The molecular formula is C39H38N2O7S2. The van der Waals surface area contributed by atoms with Crippen LogP contribution in [0.15, 0.2) is 97.1 Å². The van der Waals surface area contributed by atoms with E-state index in [1.54, 1.807) is 0 Å². The number of hydrogen-bond donors (Lipinski definition) is 4. The van der Waals surface area contributed by atoms with E-state index < -0.39 is 30.1 Å². The van der Waals surface area contributed by atoms with Gasteiger partial charge in [-0.3, -0.25) is 4.79 Å². The Labute approximate surface area is 298 Å². The van der Waals surface area contributed by atoms with Gasteiger partial charge in [-0.2, -0.15) is 0 Å². The van der Waals surface area contributed by atoms with E-state index in [0.29, 0.717) is 17.9 Å². The molecule has 2 aliphatic carbocycles. The van der Waals surface area contributed by atoms with Crippen molar-refractivity contribution in [2.45, 2.75) is 49.6 Å². The predicted octanol–water partition coefficient (Wildman–Crippen LogP) is 7.30. The zero-order valence-corrected chi connectivity index (χ0v) is 28.9. The molecule has 0 spiro atoms. The number of rotatable bonds is 16. The number of carboxylic acid groups (broad SMARTS) is 2. The van der Waals surface area contributed by atoms with Gasteiger partial charge in [0.25, 0.3) is 0 Å². The van der Waals surface area contributed by atoms with E-state index in [0.717, 1.165) is 22.3 Å². The van der Waals surface area contributed by atoms with E-state index in [1.807, 2.05) is 72.8 Å². The molecule has 0 fully saturated rings. The summed E-state index contributed by atoms with van der Waals surface area (Å²) in [6.07, 6.45) is 0.355. The second-order valence-corrected chi connectivity index (χ2v) is 15.0. The van der Waals surface area contributed by atoms with Crippen LogP contribution in [-0.4, -0.2) is 64.3 Å². The van der Waals surface area contributed by atoms with Crippen LogP contribution < -0.4 is 10.6 Å². The summed E-state index contributed by atoms with van der Waals surface area (Å²) < 4.78 is 5.51. The average molecular weight is 711 g/mol. The number of nitrogens with one attached hydrogen (secondary N) is 2. The van der Waals surface area contributed by atoms with Gasteiger partial charge in [0.05, 0.1) is 0 Å². The molecule has 4 N–H and O–H groups in total. The van der Waals surface area contributed by atoms with Crippen molar-refractivity contribution in [1.29, 1.82) is 0 Å². The fourth-order valence-electron chi connectivity index (χ4n) is 6.86. The Morgan fingerprint density at radius 1 is 0.600 bits per heavy atom. The monoisotopic (exact) mass is 710 g/mol. The van der Waals surface area contributed by atoms with E-state index >= 15 is 0 Å². The lowest BCUT2D eigenvalue weighted by molar-refractivity contribution is -0.142. The van der Waals surface area contributed by atoms with Crippen LogP contribution in [-0.2, 0) is 19.1 Å². The Morgan fingerprint density at radius 3 is 1.44 bits per heavy atom. The van der Waals surface area contributed by atoms with Gasteiger partial charge in [0.2, 0.25) is 5.91 Å². The van der Waals surface area contributed by atoms with Crippen molar-refractivity contribution in [1.82, 2.24) is 10.6 Å². The molecule has 50 heavy (non-hydrogen) atoms. The number of fused-ring (bicyclic) bond motifs is 6. The fourth-order valence-corrected chi connectivity index (χ4v) is 9.04. The summed E-state index contributed by atoms with van der Waals surface area (Å²) >= 11 is 0. The van der Waals surface area contributed by atoms with Gasteiger partial charge in [-0.25, -0.2) is 14.4 Å². The zero-order chi connectivity index (χ0) is 35.0. The molecular weight excluding hydrogens is 673 g/mol. The van der Waals surface area contributed by atoms with Crippen LogP contribution in [0.2, 0.25) is 0 Å². The van der Waals surface area contributed by atoms with Crippen molar-refractivity contribution < 1.29 is 34.1 Å². The maximum absolute atomic E-state index is 12.8. The van der Waals surface area contributed by atoms with Crippen LogP contribution >= 0.6 is 21.6 Å². The van der Waals surface area contributed by atoms with Crippen LogP contribution in [0.5, 0.6) is 0 Å². The lowest BCUT2D eigenvalue weighted by Crippen LogP contribution is -2.41. The van der Waals surface area contributed by atoms with Crippen molar-refractivity contribution in [2.75, 3.05) is 18.1 Å². The number of ether oxygens (including phenoxy) is 1. The summed E-state index contributed by atoms with van der Waals surface area (Å²) in [6.45, 7) is 0.0839. The maximum Gasteiger partial charge on any atom is 0.407 e. The van der Waals surface area contributed by atoms with E-state index in [1.165, 1.54) is 43.8 Å². The topological polar surface area (TPSA) is 142 Å². The van der Waals surface area contributed by atoms with Gasteiger partial charge in [0.15, 0.2) is 0 Å². The summed E-state index contributed by atoms with van der Waals surface area (Å²) in [6, 6.07) is 30.1. The summed E-state index contributed by atoms with van der Waals surface area (Å²) in [5.41, 5.74) is 9.05. The Hall–Kier alpha value is -4.74. The van der Waals surface area contributed by atoms with E-state index in [9.17, 15) is 29.4 Å². The summed E-state index contributed by atoms with van der Waals surface area (Å²) in [5.74, 6) is -1.79. The molecule has 0 heterocycles. The molecule has 4 aromatic rings. The van der Waals surface area contributed by atoms with Gasteiger partial charge in [-0.15, -0.1) is 0 Å². The van der Waals surface area contributed by atoms with Crippen LogP contribution in [0.4, 0.5) is 4.79 Å². The predicted molar refractivity (Wildman–Crippen MR) is 196 cm³/mol. The number of carboxylic acids is 2. The average Bonchev–Trinajstić information content (AvgIpc) is 3.62. The largest absolute Gasteiger partial charge is 0.480 e. The molecule has 0 aromatic heterocycles. The highest BCUT2D eigenvalue weighted by atomic mass is 33.1.